The molecule has 0 radical (unpaired) electrons. The van der Waals surface area contributed by atoms with E-state index in [9.17, 15) is 0 Å². The Labute approximate surface area is 737 Å². The molecule has 26 heteroatoms. The lowest BCUT2D eigenvalue weighted by molar-refractivity contribution is 0.114. The maximum Gasteiger partial charge on any atom is 0.326 e. The molecule has 6 rings (SSSR count). The summed E-state index contributed by atoms with van der Waals surface area (Å²) in [6, 6.07) is 6.77. The van der Waals surface area contributed by atoms with Crippen LogP contribution in [0.2, 0.25) is 220 Å². The molecule has 1 fully saturated rings. The van der Waals surface area contributed by atoms with E-state index in [1.165, 1.54) is 139 Å². The molecular formula is C90H196O12Si14. The van der Waals surface area contributed by atoms with Crippen molar-refractivity contribution in [3.05, 3.63) is 58.2 Å². The highest BCUT2D eigenvalue weighted by molar-refractivity contribution is 6.91. The van der Waals surface area contributed by atoms with E-state index < -0.39 is 118 Å². The second-order valence-electron chi connectivity index (χ2n) is 46.0. The molecule has 0 saturated heterocycles. The van der Waals surface area contributed by atoms with Gasteiger partial charge in [0.2, 0.25) is 0 Å². The van der Waals surface area contributed by atoms with Crippen LogP contribution in [0.25, 0.3) is 0 Å². The number of hydrogen-bond acceptors (Lipinski definition) is 12. The summed E-state index contributed by atoms with van der Waals surface area (Å²) in [7, 11) is -24.9. The molecule has 6 aliphatic rings. The Hall–Kier alpha value is 1.26. The van der Waals surface area contributed by atoms with E-state index in [1.807, 2.05) is 7.11 Å². The second-order valence-corrected chi connectivity index (χ2v) is 102. The smallest absolute Gasteiger partial charge is 0.326 e. The third-order valence-electron chi connectivity index (χ3n) is 25.7. The zero-order valence-corrected chi connectivity index (χ0v) is 97.8. The molecule has 0 aromatic carbocycles. The fraction of sp³-hybridized carbons (Fsp3) is 0.889. The normalized spacial score (nSPS) is 25.1. The molecule has 14 atom stereocenters. The van der Waals surface area contributed by atoms with E-state index in [4.69, 9.17) is 50.0 Å². The van der Waals surface area contributed by atoms with E-state index in [0.717, 1.165) is 60.2 Å². The highest BCUT2D eigenvalue weighted by Crippen LogP contribution is 2.55. The predicted molar refractivity (Wildman–Crippen MR) is 542 cm³/mol. The maximum absolute atomic E-state index is 7.11. The number of unbranched alkanes of at least 4 members (excludes halogenated alkanes) is 1. The van der Waals surface area contributed by atoms with Crippen molar-refractivity contribution in [1.29, 1.82) is 0 Å². The van der Waals surface area contributed by atoms with Crippen LogP contribution < -0.4 is 0 Å². The molecule has 0 aliphatic heterocycles. The third-order valence-corrected chi connectivity index (χ3v) is 76.3. The van der Waals surface area contributed by atoms with Gasteiger partial charge < -0.3 is 50.0 Å². The summed E-state index contributed by atoms with van der Waals surface area (Å²) >= 11 is 0. The van der Waals surface area contributed by atoms with Gasteiger partial charge in [-0.2, -0.15) is 0 Å². The lowest BCUT2D eigenvalue weighted by atomic mass is 9.57. The van der Waals surface area contributed by atoms with Gasteiger partial charge in [0.25, 0.3) is 0 Å². The molecular weight excluding hydrogens is 1670 g/mol. The molecule has 684 valence electrons. The summed E-state index contributed by atoms with van der Waals surface area (Å²) in [5.41, 5.74) is 8.41. The minimum Gasteiger partial charge on any atom is -0.437 e. The molecule has 14 unspecified atom stereocenters. The zero-order chi connectivity index (χ0) is 88.4. The monoisotopic (exact) mass is 1860 g/mol. The van der Waals surface area contributed by atoms with Crippen LogP contribution in [0.15, 0.2) is 58.2 Å². The van der Waals surface area contributed by atoms with Gasteiger partial charge in [-0.15, -0.1) is 0 Å². The Bertz CT molecular complexity index is 3040. The van der Waals surface area contributed by atoms with Crippen molar-refractivity contribution in [3.8, 4) is 0 Å². The summed E-state index contributed by atoms with van der Waals surface area (Å²) in [4.78, 5) is 0. The van der Waals surface area contributed by atoms with Gasteiger partial charge in [0.1, 0.15) is 0 Å². The Morgan fingerprint density at radius 1 is 0.345 bits per heavy atom. The highest BCUT2D eigenvalue weighted by atomic mass is 28.5. The first-order valence-corrected chi connectivity index (χ1v) is 87.7. The quantitative estimate of drug-likeness (QED) is 0.0430. The Balaban J connectivity index is 0.000000540. The van der Waals surface area contributed by atoms with E-state index >= 15 is 0 Å². The first-order valence-electron chi connectivity index (χ1n) is 46.4. The lowest BCUT2D eigenvalue weighted by Crippen LogP contribution is -2.61. The second kappa shape index (κ2) is 47.0. The van der Waals surface area contributed by atoms with Crippen LogP contribution >= 0.6 is 0 Å². The Morgan fingerprint density at radius 2 is 0.638 bits per heavy atom. The molecule has 0 N–H and O–H groups in total. The number of rotatable bonds is 40. The summed E-state index contributed by atoms with van der Waals surface area (Å²) in [5, 5.41) is 0. The van der Waals surface area contributed by atoms with Gasteiger partial charge in [-0.3, -0.25) is 0 Å². The van der Waals surface area contributed by atoms with Crippen molar-refractivity contribution in [2.24, 2.45) is 70.5 Å². The molecule has 0 aromatic heterocycles. The Kier molecular flexibility index (Phi) is 45.9. The molecule has 0 aromatic rings. The number of hydrogen-bond donors (Lipinski definition) is 0. The van der Waals surface area contributed by atoms with Crippen LogP contribution in [0.3, 0.4) is 0 Å². The highest BCUT2D eigenvalue weighted by Gasteiger charge is 2.53. The van der Waals surface area contributed by atoms with Crippen LogP contribution in [-0.2, 0) is 50.0 Å². The molecule has 0 bridgehead atoms. The summed E-state index contributed by atoms with van der Waals surface area (Å²) in [5.74, 6) is 7.92. The molecule has 12 nitrogen and oxygen atoms in total. The van der Waals surface area contributed by atoms with Gasteiger partial charge >= 0.3 is 68.5 Å². The van der Waals surface area contributed by atoms with Crippen LogP contribution in [0.1, 0.15) is 213 Å². The van der Waals surface area contributed by atoms with Gasteiger partial charge in [-0.25, -0.2) is 0 Å². The van der Waals surface area contributed by atoms with E-state index in [-0.39, 0.29) is 7.43 Å². The van der Waals surface area contributed by atoms with Crippen molar-refractivity contribution in [2.75, 3.05) is 14.2 Å². The van der Waals surface area contributed by atoms with Crippen LogP contribution in [-0.4, -0.2) is 133 Å². The number of allylic oxidation sites excluding steroid dienone is 10. The van der Waals surface area contributed by atoms with Gasteiger partial charge in [0.15, 0.2) is 49.9 Å². The van der Waals surface area contributed by atoms with Crippen molar-refractivity contribution in [1.82, 2.24) is 0 Å². The molecule has 0 heterocycles. The van der Waals surface area contributed by atoms with Gasteiger partial charge in [-0.05, 0) is 427 Å². The molecule has 0 spiro atoms. The SMILES string of the molecule is C.CC(C[Si](C)(O[Si](C)(C)C)O[Si](C)(C)C)C1CCC2=CCCC(C)C2(C)C1.CC1=CCC(C(C)C[Si](C)(O[Si](C)(C)C)O[Si](C)(C)C)CC1.CCCC[Si](C)(C)O[Si](C)(C)O[Si](C)(C)CC(C)C1CC=C(C)CC1.CO[Si](C)(C)O[Si](C)(CC(C)C1CC=C(C)CC1)O[Si](C)(C)O[Si](C)(C)O[Si](C)(CC(C)C1CC=C(C)CC1)OC. The number of fused-ring (bicyclic) bond motifs is 1. The van der Waals surface area contributed by atoms with Gasteiger partial charge in [0.05, 0.1) is 0 Å². The average molecular weight is 1860 g/mol. The van der Waals surface area contributed by atoms with Crippen molar-refractivity contribution in [3.63, 3.8) is 0 Å². The fourth-order valence-corrected chi connectivity index (χ4v) is 85.7. The fourth-order valence-electron chi connectivity index (χ4n) is 20.9. The van der Waals surface area contributed by atoms with E-state index in [1.54, 1.807) is 23.8 Å². The minimum absolute atomic E-state index is 0. The summed E-state index contributed by atoms with van der Waals surface area (Å²) in [6.07, 6.45) is 36.6. The van der Waals surface area contributed by atoms with E-state index in [2.05, 4.69) is 297 Å². The molecule has 6 aliphatic carbocycles. The van der Waals surface area contributed by atoms with Crippen LogP contribution in [0.4, 0.5) is 0 Å². The summed E-state index contributed by atoms with van der Waals surface area (Å²) < 4.78 is 80.3. The molecule has 1 saturated carbocycles. The molecule has 0 amide bonds. The lowest BCUT2D eigenvalue weighted by Gasteiger charge is -2.49. The standard InChI is InChI=1S/C30H64O6Si5.C22H46O2Si3.C20H44O2Si3.C17H38O2Si3.CH4/c1-25-15-19-29(20-16-25)27(3)23-40(13,32-6)35-38(9,10)33-39(11,12)36-41(14,34-37(7,8)31-5)24-28(4)30-21-17-26(2)18-22-30;1-18(17-27(10,23-25(4,5)6)24-26(7,8)9)20-14-15-21-13-11-12-19(2)22(21,3)16-20;1-10-11-16-23(4,5)21-25(8,9)22-24(6,7)17-19(3)20-14-12-18(2)13-15-20;1-15-10-12-17(13-11-15)16(2)14-22(9,18-20(3,4)5)19-21(6,7)8;/h15,17,27-30H,16,18-24H2,1-14H3;13,18-20H,11-12,14-17H2,1-10H3;12,19-20H,10-11,13-17H2,1-9H3;10,16-17H,11-14H2,1-9H3;1H4. The Morgan fingerprint density at radius 3 is 0.957 bits per heavy atom. The summed E-state index contributed by atoms with van der Waals surface area (Å²) in [6.45, 7) is 92.3. The largest absolute Gasteiger partial charge is 0.437 e. The molecule has 116 heavy (non-hydrogen) atoms. The predicted octanol–water partition coefficient (Wildman–Crippen LogP) is 31.0. The van der Waals surface area contributed by atoms with E-state index in [0.29, 0.717) is 40.9 Å². The first kappa shape index (κ1) is 113. The maximum atomic E-state index is 7.11. The van der Waals surface area contributed by atoms with Crippen molar-refractivity contribution < 1.29 is 50.0 Å². The van der Waals surface area contributed by atoms with Gasteiger partial charge in [-0.1, -0.05) is 134 Å². The van der Waals surface area contributed by atoms with Crippen molar-refractivity contribution in [2.45, 2.75) is 432 Å². The third kappa shape index (κ3) is 43.8. The van der Waals surface area contributed by atoms with Gasteiger partial charge in [0, 0.05) is 14.2 Å². The average Bonchev–Trinajstić information content (AvgIpc) is 0.767. The topological polar surface area (TPSA) is 111 Å². The zero-order valence-electron chi connectivity index (χ0n) is 83.8. The first-order chi connectivity index (χ1) is 52.0. The minimum atomic E-state index is -2.63. The van der Waals surface area contributed by atoms with Crippen LogP contribution in [0.5, 0.6) is 0 Å². The van der Waals surface area contributed by atoms with Crippen molar-refractivity contribution >= 4 is 118 Å². The van der Waals surface area contributed by atoms with Crippen LogP contribution in [0, 0.1) is 70.5 Å².